The molecule has 2 aliphatic heterocycles. The van der Waals surface area contributed by atoms with E-state index < -0.39 is 0 Å². The summed E-state index contributed by atoms with van der Waals surface area (Å²) in [6.45, 7) is 0. The van der Waals surface area contributed by atoms with E-state index in [1.165, 1.54) is 5.69 Å². The number of nitrogens with zero attached hydrogens (tertiary/aromatic N) is 3. The highest BCUT2D eigenvalue weighted by Gasteiger charge is 2.39. The van der Waals surface area contributed by atoms with Crippen molar-refractivity contribution in [3.05, 3.63) is 35.4 Å². The molecule has 1 aromatic rings. The summed E-state index contributed by atoms with van der Waals surface area (Å²) >= 11 is 0. The number of anilines is 1. The van der Waals surface area contributed by atoms with Crippen molar-refractivity contribution in [2.24, 2.45) is 0 Å². The Balaban J connectivity index is 1.87. The summed E-state index contributed by atoms with van der Waals surface area (Å²) in [6, 6.07) is 13.0. The predicted molar refractivity (Wildman–Crippen MR) is 79.8 cm³/mol. The molecule has 4 nitrogen and oxygen atoms in total. The average molecular weight is 279 g/mol. The topological polar surface area (TPSA) is 60.0 Å². The number of benzene rings is 1. The first kappa shape index (κ1) is 13.5. The van der Waals surface area contributed by atoms with Gasteiger partial charge in [0, 0.05) is 17.8 Å². The van der Waals surface area contributed by atoms with E-state index in [-0.39, 0.29) is 0 Å². The Bertz CT molecular complexity index is 616. The monoisotopic (exact) mass is 279 g/mol. The van der Waals surface area contributed by atoms with Gasteiger partial charge in [-0.05, 0) is 55.5 Å². The van der Waals surface area contributed by atoms with Crippen LogP contribution in [0.2, 0.25) is 0 Å². The first-order chi connectivity index (χ1) is 10.3. The standard InChI is InChI=1S/C17H17N3O/c1-21-17-6-4-14(5-7-17)20-15-2-3-16(20)9-12(8-15)13(10-18)11-19/h4-7,15-16H,2-3,8-9H2,1H3/t15-,16+. The van der Waals surface area contributed by atoms with Crippen molar-refractivity contribution in [2.75, 3.05) is 12.0 Å². The van der Waals surface area contributed by atoms with Gasteiger partial charge in [-0.3, -0.25) is 0 Å². The lowest BCUT2D eigenvalue weighted by Crippen LogP contribution is -2.40. The number of fused-ring (bicyclic) bond motifs is 2. The maximum absolute atomic E-state index is 9.05. The third kappa shape index (κ3) is 2.34. The number of ether oxygens (including phenoxy) is 1. The highest BCUT2D eigenvalue weighted by molar-refractivity contribution is 5.55. The number of hydrogen-bond acceptors (Lipinski definition) is 4. The third-order valence-electron chi connectivity index (χ3n) is 4.53. The van der Waals surface area contributed by atoms with E-state index >= 15 is 0 Å². The number of nitriles is 2. The second kappa shape index (κ2) is 5.50. The minimum absolute atomic E-state index is 0.321. The maximum atomic E-state index is 9.05. The van der Waals surface area contributed by atoms with E-state index in [2.05, 4.69) is 17.0 Å². The van der Waals surface area contributed by atoms with E-state index in [0.29, 0.717) is 17.7 Å². The summed E-state index contributed by atoms with van der Waals surface area (Å²) in [5, 5.41) is 18.1. The van der Waals surface area contributed by atoms with Crippen molar-refractivity contribution in [1.29, 1.82) is 10.5 Å². The molecule has 3 rings (SSSR count). The molecule has 0 unspecified atom stereocenters. The van der Waals surface area contributed by atoms with Gasteiger partial charge in [-0.25, -0.2) is 0 Å². The fourth-order valence-electron chi connectivity index (χ4n) is 3.58. The van der Waals surface area contributed by atoms with Gasteiger partial charge < -0.3 is 9.64 Å². The van der Waals surface area contributed by atoms with Crippen LogP contribution < -0.4 is 9.64 Å². The Hall–Kier alpha value is -2.46. The molecule has 2 aliphatic rings. The minimum Gasteiger partial charge on any atom is -0.497 e. The molecule has 2 bridgehead atoms. The smallest absolute Gasteiger partial charge is 0.129 e. The summed E-state index contributed by atoms with van der Waals surface area (Å²) in [5.74, 6) is 0.861. The first-order valence-corrected chi connectivity index (χ1v) is 7.21. The highest BCUT2D eigenvalue weighted by atomic mass is 16.5. The van der Waals surface area contributed by atoms with Crippen LogP contribution in [0.5, 0.6) is 5.75 Å². The molecular weight excluding hydrogens is 262 g/mol. The number of methoxy groups -OCH3 is 1. The van der Waals surface area contributed by atoms with Crippen LogP contribution in [0.25, 0.3) is 0 Å². The van der Waals surface area contributed by atoms with Crippen molar-refractivity contribution in [1.82, 2.24) is 0 Å². The molecule has 2 fully saturated rings. The van der Waals surface area contributed by atoms with Crippen LogP contribution in [-0.2, 0) is 0 Å². The second-order valence-corrected chi connectivity index (χ2v) is 5.60. The zero-order chi connectivity index (χ0) is 14.8. The molecule has 2 atom stereocenters. The number of allylic oxidation sites excluding steroid dienone is 1. The molecule has 0 amide bonds. The SMILES string of the molecule is COc1ccc(N2[C@@H]3CC[C@H]2CC(=C(C#N)C#N)C3)cc1. The number of piperidine rings is 1. The van der Waals surface area contributed by atoms with Crippen molar-refractivity contribution in [3.63, 3.8) is 0 Å². The predicted octanol–water partition coefficient (Wildman–Crippen LogP) is 3.17. The molecule has 21 heavy (non-hydrogen) atoms. The quantitative estimate of drug-likeness (QED) is 0.780. The van der Waals surface area contributed by atoms with Gasteiger partial charge in [0.1, 0.15) is 23.5 Å². The lowest BCUT2D eigenvalue weighted by Gasteiger charge is -2.38. The normalized spacial score (nSPS) is 23.4. The molecule has 0 N–H and O–H groups in total. The molecule has 0 aliphatic carbocycles. The van der Waals surface area contributed by atoms with Crippen LogP contribution in [0.3, 0.4) is 0 Å². The van der Waals surface area contributed by atoms with Crippen LogP contribution in [0, 0.1) is 22.7 Å². The van der Waals surface area contributed by atoms with Crippen LogP contribution >= 0.6 is 0 Å². The summed E-state index contributed by atoms with van der Waals surface area (Å²) in [6.07, 6.45) is 3.92. The van der Waals surface area contributed by atoms with E-state index in [0.717, 1.165) is 37.0 Å². The van der Waals surface area contributed by atoms with Gasteiger partial charge in [0.05, 0.1) is 7.11 Å². The van der Waals surface area contributed by atoms with E-state index in [1.807, 2.05) is 24.3 Å². The van der Waals surface area contributed by atoms with Gasteiger partial charge in [-0.2, -0.15) is 10.5 Å². The van der Waals surface area contributed by atoms with Gasteiger partial charge >= 0.3 is 0 Å². The van der Waals surface area contributed by atoms with Crippen LogP contribution in [-0.4, -0.2) is 19.2 Å². The van der Waals surface area contributed by atoms with Gasteiger partial charge in [0.25, 0.3) is 0 Å². The lowest BCUT2D eigenvalue weighted by molar-refractivity contribution is 0.414. The third-order valence-corrected chi connectivity index (χ3v) is 4.53. The molecule has 2 heterocycles. The number of rotatable bonds is 2. The Morgan fingerprint density at radius 3 is 2.14 bits per heavy atom. The zero-order valence-corrected chi connectivity index (χ0v) is 12.0. The van der Waals surface area contributed by atoms with E-state index in [4.69, 9.17) is 15.3 Å². The van der Waals surface area contributed by atoms with Crippen molar-refractivity contribution < 1.29 is 4.74 Å². The Morgan fingerprint density at radius 1 is 1.10 bits per heavy atom. The summed E-state index contributed by atoms with van der Waals surface area (Å²) in [5.41, 5.74) is 2.57. The Kier molecular flexibility index (Phi) is 3.54. The van der Waals surface area contributed by atoms with Crippen molar-refractivity contribution in [3.8, 4) is 17.9 Å². The maximum Gasteiger partial charge on any atom is 0.129 e. The lowest BCUT2D eigenvalue weighted by atomic mass is 9.92. The van der Waals surface area contributed by atoms with Gasteiger partial charge in [-0.15, -0.1) is 0 Å². The molecule has 0 spiro atoms. The van der Waals surface area contributed by atoms with Crippen molar-refractivity contribution in [2.45, 2.75) is 37.8 Å². The summed E-state index contributed by atoms with van der Waals surface area (Å²) in [4.78, 5) is 2.45. The van der Waals surface area contributed by atoms with E-state index in [9.17, 15) is 0 Å². The van der Waals surface area contributed by atoms with E-state index in [1.54, 1.807) is 7.11 Å². The summed E-state index contributed by atoms with van der Waals surface area (Å²) < 4.78 is 5.21. The second-order valence-electron chi connectivity index (χ2n) is 5.60. The zero-order valence-electron chi connectivity index (χ0n) is 12.0. The molecular formula is C17H17N3O. The average Bonchev–Trinajstić information content (AvgIpc) is 2.79. The fraction of sp³-hybridized carbons (Fsp3) is 0.412. The first-order valence-electron chi connectivity index (χ1n) is 7.21. The molecule has 2 saturated heterocycles. The Morgan fingerprint density at radius 2 is 1.67 bits per heavy atom. The highest BCUT2D eigenvalue weighted by Crippen LogP contribution is 2.42. The van der Waals surface area contributed by atoms with Gasteiger partial charge in [-0.1, -0.05) is 0 Å². The summed E-state index contributed by atoms with van der Waals surface area (Å²) in [7, 11) is 1.67. The molecule has 1 aromatic carbocycles. The fourth-order valence-corrected chi connectivity index (χ4v) is 3.58. The molecule has 0 saturated carbocycles. The van der Waals surface area contributed by atoms with Gasteiger partial charge in [0.15, 0.2) is 0 Å². The molecule has 4 heteroatoms. The number of hydrogen-bond donors (Lipinski definition) is 0. The van der Waals surface area contributed by atoms with Crippen LogP contribution in [0.1, 0.15) is 25.7 Å². The minimum atomic E-state index is 0.321. The van der Waals surface area contributed by atoms with Crippen LogP contribution in [0.4, 0.5) is 5.69 Å². The largest absolute Gasteiger partial charge is 0.497 e. The van der Waals surface area contributed by atoms with Gasteiger partial charge in [0.2, 0.25) is 0 Å². The Labute approximate surface area is 124 Å². The molecule has 0 aromatic heterocycles. The molecule has 0 radical (unpaired) electrons. The van der Waals surface area contributed by atoms with Crippen LogP contribution in [0.15, 0.2) is 35.4 Å². The molecule has 106 valence electrons. The van der Waals surface area contributed by atoms with Crippen molar-refractivity contribution >= 4 is 5.69 Å².